The lowest BCUT2D eigenvalue weighted by atomic mass is 10.5. The highest BCUT2D eigenvalue weighted by Crippen LogP contribution is 2.08. The zero-order chi connectivity index (χ0) is 10.5. The van der Waals surface area contributed by atoms with E-state index in [1.807, 2.05) is 0 Å². The molecule has 0 saturated heterocycles. The van der Waals surface area contributed by atoms with E-state index >= 15 is 0 Å². The number of hydrogen-bond acceptors (Lipinski definition) is 6. The predicted molar refractivity (Wildman–Crippen MR) is 51.7 cm³/mol. The number of nitrogens with one attached hydrogen (secondary N) is 2. The van der Waals surface area contributed by atoms with Crippen LogP contribution >= 0.6 is 0 Å². The van der Waals surface area contributed by atoms with Gasteiger partial charge in [0.05, 0.1) is 6.54 Å². The number of hydrogen-bond donors (Lipinski definition) is 2. The Labute approximate surface area is 86.3 Å². The van der Waals surface area contributed by atoms with E-state index in [4.69, 9.17) is 4.52 Å². The van der Waals surface area contributed by atoms with Gasteiger partial charge in [0.2, 0.25) is 11.7 Å². The van der Waals surface area contributed by atoms with Crippen molar-refractivity contribution in [3.63, 3.8) is 0 Å². The normalized spacial score (nSPS) is 10.7. The minimum atomic E-state index is 0.431. The topological polar surface area (TPSA) is 92.5 Å². The van der Waals surface area contributed by atoms with Gasteiger partial charge < -0.3 is 9.84 Å². The van der Waals surface area contributed by atoms with Crippen molar-refractivity contribution in [2.75, 3.05) is 6.54 Å². The molecule has 0 amide bonds. The molecule has 0 unspecified atom stereocenters. The van der Waals surface area contributed by atoms with Crippen LogP contribution in [0.3, 0.4) is 0 Å². The van der Waals surface area contributed by atoms with Gasteiger partial charge in [-0.2, -0.15) is 10.1 Å². The molecule has 0 saturated carbocycles. The van der Waals surface area contributed by atoms with Crippen molar-refractivity contribution >= 4 is 0 Å². The van der Waals surface area contributed by atoms with E-state index in [9.17, 15) is 0 Å². The van der Waals surface area contributed by atoms with Crippen molar-refractivity contribution in [1.82, 2.24) is 30.6 Å². The lowest BCUT2D eigenvalue weighted by Crippen LogP contribution is -2.13. The van der Waals surface area contributed by atoms with Crippen LogP contribution in [0.2, 0.25) is 0 Å². The van der Waals surface area contributed by atoms with Crippen LogP contribution in [0.1, 0.15) is 19.2 Å². The summed E-state index contributed by atoms with van der Waals surface area (Å²) in [7, 11) is 0. The molecule has 2 aromatic rings. The van der Waals surface area contributed by atoms with E-state index in [0.717, 1.165) is 13.0 Å². The number of H-pyrrole nitrogens is 1. The van der Waals surface area contributed by atoms with Crippen LogP contribution in [0, 0.1) is 0 Å². The smallest absolute Gasteiger partial charge is 0.241 e. The van der Waals surface area contributed by atoms with Gasteiger partial charge in [-0.25, -0.2) is 4.98 Å². The SMILES string of the molecule is CCCNCc1nc(-c2ncn[nH]2)no1. The third-order valence-corrected chi connectivity index (χ3v) is 1.80. The predicted octanol–water partition coefficient (Wildman–Crippen LogP) is 0.354. The molecule has 0 aliphatic rings. The molecule has 0 aliphatic heterocycles. The van der Waals surface area contributed by atoms with Gasteiger partial charge >= 0.3 is 0 Å². The molecular formula is C8H12N6O. The largest absolute Gasteiger partial charge is 0.337 e. The molecule has 7 nitrogen and oxygen atoms in total. The number of rotatable bonds is 5. The van der Waals surface area contributed by atoms with Crippen LogP contribution in [-0.2, 0) is 6.54 Å². The first-order valence-corrected chi connectivity index (χ1v) is 4.79. The molecule has 7 heteroatoms. The summed E-state index contributed by atoms with van der Waals surface area (Å²) in [5.41, 5.74) is 0. The third kappa shape index (κ3) is 2.38. The molecule has 2 heterocycles. The fourth-order valence-corrected chi connectivity index (χ4v) is 1.11. The lowest BCUT2D eigenvalue weighted by Gasteiger charge is -1.95. The van der Waals surface area contributed by atoms with Gasteiger partial charge in [-0.1, -0.05) is 12.1 Å². The van der Waals surface area contributed by atoms with Gasteiger partial charge in [0.1, 0.15) is 6.33 Å². The summed E-state index contributed by atoms with van der Waals surface area (Å²) < 4.78 is 5.02. The van der Waals surface area contributed by atoms with Gasteiger partial charge in [0.25, 0.3) is 0 Å². The molecule has 0 fully saturated rings. The van der Waals surface area contributed by atoms with Gasteiger partial charge in [0.15, 0.2) is 5.82 Å². The Morgan fingerprint density at radius 3 is 3.20 bits per heavy atom. The summed E-state index contributed by atoms with van der Waals surface area (Å²) in [6.07, 6.45) is 2.48. The Morgan fingerprint density at radius 2 is 2.47 bits per heavy atom. The summed E-state index contributed by atoms with van der Waals surface area (Å²) in [5, 5.41) is 13.3. The molecule has 0 aliphatic carbocycles. The molecule has 0 aromatic carbocycles. The molecule has 2 aromatic heterocycles. The molecule has 0 radical (unpaired) electrons. The van der Waals surface area contributed by atoms with Crippen LogP contribution in [0.4, 0.5) is 0 Å². The van der Waals surface area contributed by atoms with Crippen molar-refractivity contribution < 1.29 is 4.52 Å². The van der Waals surface area contributed by atoms with Gasteiger partial charge in [-0.15, -0.1) is 0 Å². The van der Waals surface area contributed by atoms with Crippen molar-refractivity contribution in [1.29, 1.82) is 0 Å². The molecule has 0 atom stereocenters. The molecular weight excluding hydrogens is 196 g/mol. The summed E-state index contributed by atoms with van der Waals surface area (Å²) >= 11 is 0. The zero-order valence-corrected chi connectivity index (χ0v) is 8.40. The van der Waals surface area contributed by atoms with E-state index in [0.29, 0.717) is 24.1 Å². The summed E-state index contributed by atoms with van der Waals surface area (Å²) in [4.78, 5) is 8.07. The van der Waals surface area contributed by atoms with E-state index in [2.05, 4.69) is 37.6 Å². The van der Waals surface area contributed by atoms with Gasteiger partial charge in [0, 0.05) is 0 Å². The third-order valence-electron chi connectivity index (χ3n) is 1.80. The Morgan fingerprint density at radius 1 is 1.53 bits per heavy atom. The second-order valence-electron chi connectivity index (χ2n) is 3.02. The van der Waals surface area contributed by atoms with Gasteiger partial charge in [-0.05, 0) is 13.0 Å². The number of nitrogens with zero attached hydrogens (tertiary/aromatic N) is 4. The summed E-state index contributed by atoms with van der Waals surface area (Å²) in [5.74, 6) is 1.50. The standard InChI is InChI=1S/C8H12N6O/c1-2-3-9-4-6-12-8(14-15-6)7-10-5-11-13-7/h5,9H,2-4H2,1H3,(H,10,11,13). The lowest BCUT2D eigenvalue weighted by molar-refractivity contribution is 0.368. The molecule has 80 valence electrons. The van der Waals surface area contributed by atoms with Crippen LogP contribution in [-0.4, -0.2) is 31.9 Å². The maximum Gasteiger partial charge on any atom is 0.241 e. The molecule has 0 bridgehead atoms. The minimum Gasteiger partial charge on any atom is -0.337 e. The monoisotopic (exact) mass is 208 g/mol. The molecule has 2 N–H and O–H groups in total. The number of aromatic amines is 1. The second kappa shape index (κ2) is 4.65. The fourth-order valence-electron chi connectivity index (χ4n) is 1.11. The maximum absolute atomic E-state index is 5.02. The fraction of sp³-hybridized carbons (Fsp3) is 0.500. The van der Waals surface area contributed by atoms with E-state index in [1.165, 1.54) is 6.33 Å². The van der Waals surface area contributed by atoms with Gasteiger partial charge in [-0.3, -0.25) is 5.10 Å². The first-order chi connectivity index (χ1) is 7.40. The molecule has 15 heavy (non-hydrogen) atoms. The van der Waals surface area contributed by atoms with Crippen molar-refractivity contribution in [2.45, 2.75) is 19.9 Å². The average molecular weight is 208 g/mol. The van der Waals surface area contributed by atoms with Crippen LogP contribution < -0.4 is 5.32 Å². The first kappa shape index (κ1) is 9.78. The average Bonchev–Trinajstić information content (AvgIpc) is 2.87. The summed E-state index contributed by atoms with van der Waals surface area (Å²) in [6.45, 7) is 3.61. The molecule has 0 spiro atoms. The van der Waals surface area contributed by atoms with Crippen LogP contribution in [0.15, 0.2) is 10.9 Å². The van der Waals surface area contributed by atoms with Crippen LogP contribution in [0.25, 0.3) is 11.6 Å². The van der Waals surface area contributed by atoms with Crippen molar-refractivity contribution in [3.8, 4) is 11.6 Å². The highest BCUT2D eigenvalue weighted by Gasteiger charge is 2.09. The Hall–Kier alpha value is -1.76. The van der Waals surface area contributed by atoms with E-state index in [-0.39, 0.29) is 0 Å². The Bertz CT molecular complexity index is 395. The van der Waals surface area contributed by atoms with Crippen molar-refractivity contribution in [2.24, 2.45) is 0 Å². The number of aromatic nitrogens is 5. The van der Waals surface area contributed by atoms with E-state index < -0.39 is 0 Å². The first-order valence-electron chi connectivity index (χ1n) is 4.79. The summed E-state index contributed by atoms with van der Waals surface area (Å²) in [6, 6.07) is 0. The minimum absolute atomic E-state index is 0.431. The van der Waals surface area contributed by atoms with Crippen LogP contribution in [0.5, 0.6) is 0 Å². The Kier molecular flexibility index (Phi) is 3.03. The second-order valence-corrected chi connectivity index (χ2v) is 3.02. The highest BCUT2D eigenvalue weighted by molar-refractivity contribution is 5.39. The highest BCUT2D eigenvalue weighted by atomic mass is 16.5. The van der Waals surface area contributed by atoms with Crippen molar-refractivity contribution in [3.05, 3.63) is 12.2 Å². The quantitative estimate of drug-likeness (QED) is 0.689. The maximum atomic E-state index is 5.02. The zero-order valence-electron chi connectivity index (χ0n) is 8.40. The van der Waals surface area contributed by atoms with E-state index in [1.54, 1.807) is 0 Å². The molecule has 2 rings (SSSR count). The Balaban J connectivity index is 1.98.